The van der Waals surface area contributed by atoms with Crippen LogP contribution in [0.25, 0.3) is 0 Å². The molecule has 1 aliphatic carbocycles. The first kappa shape index (κ1) is 23.3. The van der Waals surface area contributed by atoms with Crippen LogP contribution in [0.3, 0.4) is 0 Å². The summed E-state index contributed by atoms with van der Waals surface area (Å²) in [6.07, 6.45) is 12.7. The van der Waals surface area contributed by atoms with Crippen molar-refractivity contribution in [3.63, 3.8) is 0 Å². The molecule has 2 rings (SSSR count). The van der Waals surface area contributed by atoms with E-state index in [4.69, 9.17) is 9.47 Å². The minimum atomic E-state index is 0. The molecular formula is C18H36IN3O2S. The van der Waals surface area contributed by atoms with Crippen molar-refractivity contribution in [2.24, 2.45) is 4.99 Å². The van der Waals surface area contributed by atoms with Gasteiger partial charge < -0.3 is 20.1 Å². The number of ether oxygens (including phenoxy) is 2. The van der Waals surface area contributed by atoms with E-state index < -0.39 is 0 Å². The number of rotatable bonds is 7. The lowest BCUT2D eigenvalue weighted by Gasteiger charge is -2.36. The highest BCUT2D eigenvalue weighted by Gasteiger charge is 2.31. The standard InChI is InChI=1S/C18H35N3O2S.HI/c1-19-17(21-15-18(24-2)9-12-22-13-10-18)20-11-14-23-16-7-5-3-4-6-8-16;/h16H,3-15H2,1-2H3,(H2,19,20,21);1H. The highest BCUT2D eigenvalue weighted by Crippen LogP contribution is 2.32. The molecule has 2 aliphatic rings. The van der Waals surface area contributed by atoms with Crippen LogP contribution in [0.1, 0.15) is 51.4 Å². The fraction of sp³-hybridized carbons (Fsp3) is 0.944. The number of thioether (sulfide) groups is 1. The van der Waals surface area contributed by atoms with Gasteiger partial charge in [-0.25, -0.2) is 0 Å². The second-order valence-electron chi connectivity index (χ2n) is 6.84. The van der Waals surface area contributed by atoms with Crippen LogP contribution in [-0.2, 0) is 9.47 Å². The molecule has 0 bridgehead atoms. The molecule has 0 aromatic rings. The van der Waals surface area contributed by atoms with Crippen molar-refractivity contribution in [3.05, 3.63) is 0 Å². The zero-order valence-corrected chi connectivity index (χ0v) is 19.0. The number of halogens is 1. The third kappa shape index (κ3) is 8.67. The van der Waals surface area contributed by atoms with E-state index in [-0.39, 0.29) is 28.7 Å². The summed E-state index contributed by atoms with van der Waals surface area (Å²) in [5, 5.41) is 6.87. The fourth-order valence-electron chi connectivity index (χ4n) is 3.47. The number of hydrogen-bond acceptors (Lipinski definition) is 4. The van der Waals surface area contributed by atoms with Crippen LogP contribution in [0.2, 0.25) is 0 Å². The number of aliphatic imine (C=N–C) groups is 1. The Morgan fingerprint density at radius 1 is 1.16 bits per heavy atom. The summed E-state index contributed by atoms with van der Waals surface area (Å²) in [6.45, 7) is 4.23. The van der Waals surface area contributed by atoms with Gasteiger partial charge in [-0.15, -0.1) is 24.0 Å². The molecule has 148 valence electrons. The van der Waals surface area contributed by atoms with Crippen molar-refractivity contribution in [2.75, 3.05) is 46.2 Å². The van der Waals surface area contributed by atoms with Crippen LogP contribution >= 0.6 is 35.7 Å². The van der Waals surface area contributed by atoms with Gasteiger partial charge in [0.15, 0.2) is 5.96 Å². The van der Waals surface area contributed by atoms with E-state index in [1.807, 2.05) is 18.8 Å². The van der Waals surface area contributed by atoms with Gasteiger partial charge in [0.05, 0.1) is 12.7 Å². The van der Waals surface area contributed by atoms with E-state index in [0.717, 1.165) is 51.7 Å². The molecule has 0 radical (unpaired) electrons. The SMILES string of the molecule is CN=C(NCCOC1CCCCCC1)NCC1(SC)CCOCC1.I. The first-order valence-corrected chi connectivity index (χ1v) is 10.7. The quantitative estimate of drug-likeness (QED) is 0.190. The molecule has 25 heavy (non-hydrogen) atoms. The van der Waals surface area contributed by atoms with Gasteiger partial charge >= 0.3 is 0 Å². The summed E-state index contributed by atoms with van der Waals surface area (Å²) < 4.78 is 11.8. The fourth-order valence-corrected chi connectivity index (χ4v) is 4.26. The van der Waals surface area contributed by atoms with Crippen LogP contribution in [0, 0.1) is 0 Å². The van der Waals surface area contributed by atoms with Crippen LogP contribution < -0.4 is 10.6 Å². The highest BCUT2D eigenvalue weighted by atomic mass is 127. The van der Waals surface area contributed by atoms with Crippen LogP contribution in [0.4, 0.5) is 0 Å². The summed E-state index contributed by atoms with van der Waals surface area (Å²) in [5.74, 6) is 0.874. The van der Waals surface area contributed by atoms with E-state index in [2.05, 4.69) is 21.9 Å². The van der Waals surface area contributed by atoms with Gasteiger partial charge in [0.25, 0.3) is 0 Å². The van der Waals surface area contributed by atoms with E-state index in [0.29, 0.717) is 6.10 Å². The molecule has 2 fully saturated rings. The van der Waals surface area contributed by atoms with Gasteiger partial charge in [-0.3, -0.25) is 4.99 Å². The maximum absolute atomic E-state index is 6.03. The average molecular weight is 485 g/mol. The van der Waals surface area contributed by atoms with Crippen molar-refractivity contribution >= 4 is 41.7 Å². The molecule has 1 heterocycles. The lowest BCUT2D eigenvalue weighted by molar-refractivity contribution is 0.0468. The molecule has 5 nitrogen and oxygen atoms in total. The molecule has 0 spiro atoms. The number of nitrogens with zero attached hydrogens (tertiary/aromatic N) is 1. The smallest absolute Gasteiger partial charge is 0.191 e. The summed E-state index contributed by atoms with van der Waals surface area (Å²) in [5.41, 5.74) is 0. The predicted molar refractivity (Wildman–Crippen MR) is 119 cm³/mol. The van der Waals surface area contributed by atoms with Gasteiger partial charge in [0.1, 0.15) is 0 Å². The second-order valence-corrected chi connectivity index (χ2v) is 8.11. The van der Waals surface area contributed by atoms with E-state index in [9.17, 15) is 0 Å². The van der Waals surface area contributed by atoms with Gasteiger partial charge in [0, 0.05) is 38.1 Å². The third-order valence-electron chi connectivity index (χ3n) is 5.19. The molecule has 0 aromatic heterocycles. The molecule has 1 saturated heterocycles. The average Bonchev–Trinajstić information content (AvgIpc) is 2.91. The normalized spacial score (nSPS) is 21.9. The number of guanidine groups is 1. The van der Waals surface area contributed by atoms with E-state index >= 15 is 0 Å². The van der Waals surface area contributed by atoms with Crippen molar-refractivity contribution in [3.8, 4) is 0 Å². The Balaban J connectivity index is 0.00000312. The highest BCUT2D eigenvalue weighted by molar-refractivity contribution is 14.0. The Bertz CT molecular complexity index is 371. The topological polar surface area (TPSA) is 54.9 Å². The Kier molecular flexibility index (Phi) is 12.5. The van der Waals surface area contributed by atoms with Gasteiger partial charge in [-0.1, -0.05) is 25.7 Å². The Labute approximate surface area is 174 Å². The number of nitrogens with one attached hydrogen (secondary N) is 2. The van der Waals surface area contributed by atoms with Crippen LogP contribution in [0.15, 0.2) is 4.99 Å². The zero-order valence-electron chi connectivity index (χ0n) is 15.8. The Hall–Kier alpha value is 0.270. The first-order valence-electron chi connectivity index (χ1n) is 9.47. The monoisotopic (exact) mass is 485 g/mol. The van der Waals surface area contributed by atoms with Crippen molar-refractivity contribution in [1.82, 2.24) is 10.6 Å². The number of hydrogen-bond donors (Lipinski definition) is 2. The molecule has 2 N–H and O–H groups in total. The van der Waals surface area contributed by atoms with E-state index in [1.54, 1.807) is 0 Å². The molecule has 1 saturated carbocycles. The molecule has 0 aromatic carbocycles. The van der Waals surface area contributed by atoms with Crippen molar-refractivity contribution in [1.29, 1.82) is 0 Å². The molecule has 0 unspecified atom stereocenters. The summed E-state index contributed by atoms with van der Waals surface area (Å²) in [4.78, 5) is 4.34. The molecule has 1 aliphatic heterocycles. The lowest BCUT2D eigenvalue weighted by Crippen LogP contribution is -2.48. The molecule has 7 heteroatoms. The minimum Gasteiger partial charge on any atom is -0.381 e. The van der Waals surface area contributed by atoms with Gasteiger partial charge in [0.2, 0.25) is 0 Å². The summed E-state index contributed by atoms with van der Waals surface area (Å²) in [7, 11) is 1.83. The maximum atomic E-state index is 6.03. The lowest BCUT2D eigenvalue weighted by atomic mass is 9.99. The van der Waals surface area contributed by atoms with Crippen LogP contribution in [-0.4, -0.2) is 63.0 Å². The molecule has 0 atom stereocenters. The second kappa shape index (κ2) is 13.4. The summed E-state index contributed by atoms with van der Waals surface area (Å²) in [6, 6.07) is 0. The minimum absolute atomic E-state index is 0. The molecule has 0 amide bonds. The van der Waals surface area contributed by atoms with Crippen LogP contribution in [0.5, 0.6) is 0 Å². The Morgan fingerprint density at radius 2 is 1.84 bits per heavy atom. The summed E-state index contributed by atoms with van der Waals surface area (Å²) >= 11 is 1.94. The largest absolute Gasteiger partial charge is 0.381 e. The van der Waals surface area contributed by atoms with Crippen molar-refractivity contribution in [2.45, 2.75) is 62.2 Å². The molecular weight excluding hydrogens is 449 g/mol. The van der Waals surface area contributed by atoms with Crippen molar-refractivity contribution < 1.29 is 9.47 Å². The Morgan fingerprint density at radius 3 is 2.44 bits per heavy atom. The van der Waals surface area contributed by atoms with E-state index in [1.165, 1.54) is 38.5 Å². The van der Waals surface area contributed by atoms with Gasteiger partial charge in [-0.2, -0.15) is 11.8 Å². The maximum Gasteiger partial charge on any atom is 0.191 e. The van der Waals surface area contributed by atoms with Gasteiger partial charge in [-0.05, 0) is 31.9 Å². The predicted octanol–water partition coefficient (Wildman–Crippen LogP) is 3.42. The zero-order chi connectivity index (χ0) is 17.1. The first-order chi connectivity index (χ1) is 11.8. The third-order valence-corrected chi connectivity index (χ3v) is 6.61.